The number of carbonyl (C=O) groups excluding carboxylic acids is 1. The maximum absolute atomic E-state index is 14.0. The molecule has 156 valence electrons. The van der Waals surface area contributed by atoms with Gasteiger partial charge in [-0.25, -0.2) is 4.98 Å². The maximum Gasteiger partial charge on any atom is 0.288 e. The van der Waals surface area contributed by atoms with Crippen molar-refractivity contribution in [2.75, 3.05) is 31.1 Å². The fourth-order valence-electron chi connectivity index (χ4n) is 4.25. The number of anilines is 1. The lowest BCUT2D eigenvalue weighted by Gasteiger charge is -2.35. The Morgan fingerprint density at radius 3 is 2.67 bits per heavy atom. The minimum absolute atomic E-state index is 0.0645. The summed E-state index contributed by atoms with van der Waals surface area (Å²) in [5.74, 6) is -0.200. The summed E-state index contributed by atoms with van der Waals surface area (Å²) in [7, 11) is 1.99. The Bertz CT molecular complexity index is 1170. The Morgan fingerprint density at radius 1 is 1.20 bits per heavy atom. The predicted octanol–water partition coefficient (Wildman–Crippen LogP) is 2.17. The van der Waals surface area contributed by atoms with Gasteiger partial charge in [0.05, 0.1) is 12.1 Å². The topological polar surface area (TPSA) is 74.2 Å². The van der Waals surface area contributed by atoms with E-state index in [0.29, 0.717) is 38.5 Å². The van der Waals surface area contributed by atoms with Crippen LogP contribution in [0, 0.1) is 5.82 Å². The Morgan fingerprint density at radius 2 is 1.93 bits per heavy atom. The third-order valence-electron chi connectivity index (χ3n) is 6.09. The van der Waals surface area contributed by atoms with E-state index >= 15 is 0 Å². The first-order valence-electron chi connectivity index (χ1n) is 10.4. The third-order valence-corrected chi connectivity index (χ3v) is 6.09. The van der Waals surface area contributed by atoms with Crippen LogP contribution in [-0.2, 0) is 18.3 Å². The number of hydrogen-bond acceptors (Lipinski definition) is 4. The van der Waals surface area contributed by atoms with Crippen LogP contribution in [-0.4, -0.2) is 51.5 Å². The Balaban J connectivity index is 1.27. The largest absolute Gasteiger partial charge is 0.350 e. The van der Waals surface area contributed by atoms with E-state index in [9.17, 15) is 14.0 Å². The summed E-state index contributed by atoms with van der Waals surface area (Å²) in [5, 5.41) is 1.10. The quantitative estimate of drug-likeness (QED) is 0.717. The molecule has 1 aliphatic heterocycles. The number of hydrogen-bond donors (Lipinski definition) is 1. The van der Waals surface area contributed by atoms with Gasteiger partial charge in [-0.3, -0.25) is 14.6 Å². The van der Waals surface area contributed by atoms with Gasteiger partial charge < -0.3 is 14.4 Å². The van der Waals surface area contributed by atoms with Gasteiger partial charge in [0.1, 0.15) is 0 Å². The Labute approximate surface area is 173 Å². The number of rotatable bonds is 4. The summed E-state index contributed by atoms with van der Waals surface area (Å²) in [5.41, 5.74) is 1.71. The molecular weight excluding hydrogens is 385 g/mol. The average molecular weight is 409 g/mol. The van der Waals surface area contributed by atoms with Gasteiger partial charge in [0, 0.05) is 56.2 Å². The van der Waals surface area contributed by atoms with Crippen molar-refractivity contribution in [2.24, 2.45) is 7.05 Å². The maximum atomic E-state index is 14.0. The number of halogens is 1. The van der Waals surface area contributed by atoms with Gasteiger partial charge in [0.15, 0.2) is 0 Å². The summed E-state index contributed by atoms with van der Waals surface area (Å²) >= 11 is 0. The Kier molecular flexibility index (Phi) is 4.56. The molecule has 0 spiro atoms. The minimum Gasteiger partial charge on any atom is -0.350 e. The molecule has 1 aromatic carbocycles. The lowest BCUT2D eigenvalue weighted by Crippen LogP contribution is -2.50. The molecule has 2 aliphatic rings. The third kappa shape index (κ3) is 3.36. The number of aromatic amines is 1. The second-order valence-corrected chi connectivity index (χ2v) is 8.19. The van der Waals surface area contributed by atoms with Crippen LogP contribution in [0.4, 0.5) is 10.3 Å². The molecule has 0 unspecified atom stereocenters. The number of carbonyl (C=O) groups is 1. The van der Waals surface area contributed by atoms with Crippen LogP contribution in [0.1, 0.15) is 30.0 Å². The lowest BCUT2D eigenvalue weighted by molar-refractivity contribution is -0.130. The van der Waals surface area contributed by atoms with Gasteiger partial charge in [-0.2, -0.15) is 4.39 Å². The van der Waals surface area contributed by atoms with E-state index in [1.807, 2.05) is 45.8 Å². The highest BCUT2D eigenvalue weighted by Gasteiger charge is 2.31. The molecule has 7 nitrogen and oxygen atoms in total. The van der Waals surface area contributed by atoms with Crippen molar-refractivity contribution < 1.29 is 9.18 Å². The highest BCUT2D eigenvalue weighted by Crippen LogP contribution is 2.39. The molecule has 1 aliphatic carbocycles. The molecule has 0 atom stereocenters. The number of piperazine rings is 1. The molecule has 30 heavy (non-hydrogen) atoms. The van der Waals surface area contributed by atoms with Gasteiger partial charge in [0.2, 0.25) is 17.7 Å². The lowest BCUT2D eigenvalue weighted by atomic mass is 10.1. The molecule has 5 rings (SSSR count). The smallest absolute Gasteiger partial charge is 0.288 e. The van der Waals surface area contributed by atoms with Gasteiger partial charge in [-0.05, 0) is 24.5 Å². The summed E-state index contributed by atoms with van der Waals surface area (Å²) in [4.78, 5) is 35.6. The molecule has 8 heteroatoms. The van der Waals surface area contributed by atoms with Crippen molar-refractivity contribution in [2.45, 2.75) is 25.2 Å². The second-order valence-electron chi connectivity index (χ2n) is 8.19. The molecule has 3 aromatic rings. The zero-order valence-electron chi connectivity index (χ0n) is 16.9. The first-order chi connectivity index (χ1) is 14.5. The average Bonchev–Trinajstić information content (AvgIpc) is 3.55. The molecule has 0 radical (unpaired) electrons. The fourth-order valence-corrected chi connectivity index (χ4v) is 4.25. The number of para-hydroxylation sites is 1. The molecule has 2 fully saturated rings. The van der Waals surface area contributed by atoms with Crippen molar-refractivity contribution in [1.82, 2.24) is 19.4 Å². The number of nitrogens with zero attached hydrogens (tertiary/aromatic N) is 4. The standard InChI is InChI=1S/C22H24FN5O2/c1-26-13-15(16-4-2-3-5-17(16)26)12-18(29)27-8-10-28(11-9-27)22-24-20(14-6-7-14)19(23)21(30)25-22/h2-5,13-14H,6-12H2,1H3,(H,24,25,30). The van der Waals surface area contributed by atoms with Crippen molar-refractivity contribution in [3.05, 3.63) is 57.9 Å². The summed E-state index contributed by atoms with van der Waals surface area (Å²) in [6.07, 6.45) is 4.14. The first kappa shape index (κ1) is 18.8. The SMILES string of the molecule is Cn1cc(CC(=O)N2CCN(c3nc(C4CC4)c(F)c(=O)[nH]3)CC2)c2ccccc21. The summed E-state index contributed by atoms with van der Waals surface area (Å²) in [6, 6.07) is 8.08. The molecular formula is C22H24FN5O2. The van der Waals surface area contributed by atoms with E-state index in [0.717, 1.165) is 29.3 Å². The van der Waals surface area contributed by atoms with Crippen LogP contribution in [0.2, 0.25) is 0 Å². The number of fused-ring (bicyclic) bond motifs is 1. The number of H-pyrrole nitrogens is 1. The molecule has 0 bridgehead atoms. The van der Waals surface area contributed by atoms with E-state index in [1.54, 1.807) is 0 Å². The van der Waals surface area contributed by atoms with Gasteiger partial charge in [-0.15, -0.1) is 0 Å². The van der Waals surface area contributed by atoms with Crippen LogP contribution >= 0.6 is 0 Å². The molecule has 2 aromatic heterocycles. The highest BCUT2D eigenvalue weighted by molar-refractivity contribution is 5.89. The first-order valence-corrected chi connectivity index (χ1v) is 10.4. The predicted molar refractivity (Wildman–Crippen MR) is 112 cm³/mol. The molecule has 1 amide bonds. The van der Waals surface area contributed by atoms with Crippen molar-refractivity contribution in [1.29, 1.82) is 0 Å². The fraction of sp³-hybridized carbons (Fsp3) is 0.409. The van der Waals surface area contributed by atoms with Crippen molar-refractivity contribution in [3.8, 4) is 0 Å². The van der Waals surface area contributed by atoms with E-state index < -0.39 is 11.4 Å². The number of aromatic nitrogens is 3. The summed E-state index contributed by atoms with van der Waals surface area (Å²) in [6.45, 7) is 2.20. The zero-order valence-corrected chi connectivity index (χ0v) is 16.9. The number of benzene rings is 1. The highest BCUT2D eigenvalue weighted by atomic mass is 19.1. The monoisotopic (exact) mass is 409 g/mol. The van der Waals surface area contributed by atoms with Crippen molar-refractivity contribution >= 4 is 22.8 Å². The van der Waals surface area contributed by atoms with Gasteiger partial charge in [-0.1, -0.05) is 18.2 Å². The van der Waals surface area contributed by atoms with Gasteiger partial charge >= 0.3 is 0 Å². The van der Waals surface area contributed by atoms with Crippen LogP contribution in [0.25, 0.3) is 10.9 Å². The summed E-state index contributed by atoms with van der Waals surface area (Å²) < 4.78 is 16.1. The number of aryl methyl sites for hydroxylation is 1. The minimum atomic E-state index is -0.759. The van der Waals surface area contributed by atoms with E-state index in [2.05, 4.69) is 16.0 Å². The van der Waals surface area contributed by atoms with E-state index in [1.165, 1.54) is 0 Å². The van der Waals surface area contributed by atoms with Crippen LogP contribution in [0.15, 0.2) is 35.3 Å². The zero-order chi connectivity index (χ0) is 20.8. The molecule has 1 saturated heterocycles. The normalized spacial score (nSPS) is 17.0. The van der Waals surface area contributed by atoms with Crippen LogP contribution < -0.4 is 10.5 Å². The van der Waals surface area contributed by atoms with Crippen LogP contribution in [0.3, 0.4) is 0 Å². The molecule has 3 heterocycles. The van der Waals surface area contributed by atoms with Gasteiger partial charge in [0.25, 0.3) is 5.56 Å². The van der Waals surface area contributed by atoms with Crippen molar-refractivity contribution in [3.63, 3.8) is 0 Å². The Hall–Kier alpha value is -3.16. The number of amides is 1. The van der Waals surface area contributed by atoms with E-state index in [-0.39, 0.29) is 17.5 Å². The number of nitrogens with one attached hydrogen (secondary N) is 1. The molecule has 1 N–H and O–H groups in total. The second kappa shape index (κ2) is 7.27. The molecule has 1 saturated carbocycles. The van der Waals surface area contributed by atoms with Crippen LogP contribution in [0.5, 0.6) is 0 Å². The van der Waals surface area contributed by atoms with E-state index in [4.69, 9.17) is 0 Å².